The lowest BCUT2D eigenvalue weighted by atomic mass is 10.0. The summed E-state index contributed by atoms with van der Waals surface area (Å²) in [4.78, 5) is 11.5. The summed E-state index contributed by atoms with van der Waals surface area (Å²) in [5.74, 6) is 1.09. The zero-order valence-electron chi connectivity index (χ0n) is 12.7. The van der Waals surface area contributed by atoms with Crippen LogP contribution in [-0.4, -0.2) is 33.3 Å². The Balaban J connectivity index is 2.67. The lowest BCUT2D eigenvalue weighted by Gasteiger charge is -2.20. The van der Waals surface area contributed by atoms with Crippen LogP contribution in [0.5, 0.6) is 11.5 Å². The minimum Gasteiger partial charge on any atom is -0.497 e. The van der Waals surface area contributed by atoms with Crippen molar-refractivity contribution in [2.45, 2.75) is 26.4 Å². The fourth-order valence-corrected chi connectivity index (χ4v) is 1.84. The molecular weight excluding hydrogens is 258 g/mol. The van der Waals surface area contributed by atoms with Gasteiger partial charge >= 0.3 is 5.97 Å². The summed E-state index contributed by atoms with van der Waals surface area (Å²) in [6.45, 7) is 4.40. The molecule has 1 N–H and O–H groups in total. The molecule has 0 bridgehead atoms. The van der Waals surface area contributed by atoms with Crippen LogP contribution >= 0.6 is 0 Å². The van der Waals surface area contributed by atoms with Gasteiger partial charge in [-0.3, -0.25) is 4.79 Å². The molecule has 2 unspecified atom stereocenters. The predicted octanol–water partition coefficient (Wildman–Crippen LogP) is 1.99. The molecule has 0 aliphatic carbocycles. The molecule has 1 rings (SSSR count). The number of carbonyl (C=O) groups is 1. The molecule has 112 valence electrons. The summed E-state index contributed by atoms with van der Waals surface area (Å²) in [7, 11) is 4.64. The summed E-state index contributed by atoms with van der Waals surface area (Å²) in [5.41, 5.74) is 1.01. The first-order valence-corrected chi connectivity index (χ1v) is 6.55. The van der Waals surface area contributed by atoms with Crippen LogP contribution in [0.25, 0.3) is 0 Å². The van der Waals surface area contributed by atoms with Gasteiger partial charge in [-0.25, -0.2) is 0 Å². The topological polar surface area (TPSA) is 56.8 Å². The van der Waals surface area contributed by atoms with Crippen LogP contribution in [0.3, 0.4) is 0 Å². The molecule has 1 aromatic carbocycles. The summed E-state index contributed by atoms with van der Waals surface area (Å²) in [6.07, 6.45) is 0. The molecule has 0 aliphatic heterocycles. The minimum absolute atomic E-state index is 0.00857. The van der Waals surface area contributed by atoms with Gasteiger partial charge in [0.1, 0.15) is 11.5 Å². The van der Waals surface area contributed by atoms with Gasteiger partial charge in [0.25, 0.3) is 0 Å². The molecule has 0 saturated heterocycles. The first-order chi connectivity index (χ1) is 9.53. The van der Waals surface area contributed by atoms with Crippen LogP contribution in [-0.2, 0) is 16.1 Å². The number of methoxy groups -OCH3 is 3. The van der Waals surface area contributed by atoms with Gasteiger partial charge < -0.3 is 19.5 Å². The van der Waals surface area contributed by atoms with Crippen molar-refractivity contribution in [3.63, 3.8) is 0 Å². The van der Waals surface area contributed by atoms with Gasteiger partial charge in [0.05, 0.1) is 27.2 Å². The third-order valence-electron chi connectivity index (χ3n) is 3.43. The van der Waals surface area contributed by atoms with Gasteiger partial charge in [-0.2, -0.15) is 0 Å². The van der Waals surface area contributed by atoms with E-state index in [1.807, 2.05) is 32.0 Å². The SMILES string of the molecule is COC(=O)C(C)C(C)NCc1ccc(OC)cc1OC. The maximum absolute atomic E-state index is 11.5. The molecule has 0 spiro atoms. The molecule has 0 amide bonds. The van der Waals surface area contributed by atoms with Crippen LogP contribution in [0.4, 0.5) is 0 Å². The monoisotopic (exact) mass is 281 g/mol. The lowest BCUT2D eigenvalue weighted by molar-refractivity contribution is -0.145. The Labute approximate surface area is 120 Å². The van der Waals surface area contributed by atoms with Crippen molar-refractivity contribution in [3.8, 4) is 11.5 Å². The Morgan fingerprint density at radius 1 is 1.20 bits per heavy atom. The highest BCUT2D eigenvalue weighted by Gasteiger charge is 2.20. The molecule has 5 nitrogen and oxygen atoms in total. The Bertz CT molecular complexity index is 447. The van der Waals surface area contributed by atoms with Crippen LogP contribution in [0.1, 0.15) is 19.4 Å². The number of carbonyl (C=O) groups excluding carboxylic acids is 1. The van der Waals surface area contributed by atoms with Crippen LogP contribution in [0.15, 0.2) is 18.2 Å². The van der Waals surface area contributed by atoms with Crippen molar-refractivity contribution in [3.05, 3.63) is 23.8 Å². The highest BCUT2D eigenvalue weighted by Crippen LogP contribution is 2.24. The van der Waals surface area contributed by atoms with E-state index in [2.05, 4.69) is 5.32 Å². The highest BCUT2D eigenvalue weighted by molar-refractivity contribution is 5.72. The number of ether oxygens (including phenoxy) is 3. The molecule has 0 radical (unpaired) electrons. The molecule has 0 aliphatic rings. The molecule has 0 aromatic heterocycles. The summed E-state index contributed by atoms with van der Waals surface area (Å²) in [6, 6.07) is 5.67. The second-order valence-corrected chi connectivity index (χ2v) is 4.66. The Morgan fingerprint density at radius 2 is 1.90 bits per heavy atom. The van der Waals surface area contributed by atoms with Crippen molar-refractivity contribution < 1.29 is 19.0 Å². The number of hydrogen-bond acceptors (Lipinski definition) is 5. The summed E-state index contributed by atoms with van der Waals surface area (Å²) >= 11 is 0. The number of esters is 1. The standard InChI is InChI=1S/C15H23NO4/c1-10(15(17)20-5)11(2)16-9-12-6-7-13(18-3)8-14(12)19-4/h6-8,10-11,16H,9H2,1-5H3. The van der Waals surface area contributed by atoms with E-state index in [1.165, 1.54) is 7.11 Å². The van der Waals surface area contributed by atoms with E-state index >= 15 is 0 Å². The quantitative estimate of drug-likeness (QED) is 0.775. The maximum atomic E-state index is 11.5. The average molecular weight is 281 g/mol. The molecular formula is C15H23NO4. The van der Waals surface area contributed by atoms with Crippen molar-refractivity contribution in [1.29, 1.82) is 0 Å². The predicted molar refractivity (Wildman–Crippen MR) is 77.0 cm³/mol. The van der Waals surface area contributed by atoms with Gasteiger partial charge in [-0.1, -0.05) is 13.0 Å². The van der Waals surface area contributed by atoms with Gasteiger partial charge in [0, 0.05) is 24.2 Å². The van der Waals surface area contributed by atoms with Crippen LogP contribution < -0.4 is 14.8 Å². The van der Waals surface area contributed by atoms with Crippen molar-refractivity contribution in [1.82, 2.24) is 5.32 Å². The third kappa shape index (κ3) is 4.13. The third-order valence-corrected chi connectivity index (χ3v) is 3.43. The van der Waals surface area contributed by atoms with Crippen LogP contribution in [0, 0.1) is 5.92 Å². The largest absolute Gasteiger partial charge is 0.497 e. The molecule has 20 heavy (non-hydrogen) atoms. The highest BCUT2D eigenvalue weighted by atomic mass is 16.5. The van der Waals surface area contributed by atoms with E-state index in [1.54, 1.807) is 14.2 Å². The number of rotatable bonds is 7. The molecule has 5 heteroatoms. The van der Waals surface area contributed by atoms with E-state index in [4.69, 9.17) is 14.2 Å². The van der Waals surface area contributed by atoms with Gasteiger partial charge in [-0.05, 0) is 13.0 Å². The first kappa shape index (κ1) is 16.3. The van der Waals surface area contributed by atoms with Crippen LogP contribution in [0.2, 0.25) is 0 Å². The van der Waals surface area contributed by atoms with E-state index in [0.29, 0.717) is 6.54 Å². The summed E-state index contributed by atoms with van der Waals surface area (Å²) < 4.78 is 15.2. The van der Waals surface area contributed by atoms with Gasteiger partial charge in [0.15, 0.2) is 0 Å². The lowest BCUT2D eigenvalue weighted by Crippen LogP contribution is -2.36. The zero-order chi connectivity index (χ0) is 15.1. The van der Waals surface area contributed by atoms with Gasteiger partial charge in [0.2, 0.25) is 0 Å². The average Bonchev–Trinajstić information content (AvgIpc) is 2.50. The van der Waals surface area contributed by atoms with Crippen molar-refractivity contribution in [2.24, 2.45) is 5.92 Å². The number of benzene rings is 1. The molecule has 0 fully saturated rings. The molecule has 0 saturated carbocycles. The van der Waals surface area contributed by atoms with E-state index in [0.717, 1.165) is 17.1 Å². The second kappa shape index (κ2) is 7.75. The summed E-state index contributed by atoms with van der Waals surface area (Å²) in [5, 5.41) is 3.30. The Morgan fingerprint density at radius 3 is 2.45 bits per heavy atom. The Hall–Kier alpha value is -1.75. The minimum atomic E-state index is -0.216. The van der Waals surface area contributed by atoms with Gasteiger partial charge in [-0.15, -0.1) is 0 Å². The van der Waals surface area contributed by atoms with Crippen molar-refractivity contribution >= 4 is 5.97 Å². The smallest absolute Gasteiger partial charge is 0.309 e. The first-order valence-electron chi connectivity index (χ1n) is 6.55. The normalized spacial score (nSPS) is 13.4. The number of hydrogen-bond donors (Lipinski definition) is 1. The molecule has 0 heterocycles. The second-order valence-electron chi connectivity index (χ2n) is 4.66. The van der Waals surface area contributed by atoms with E-state index < -0.39 is 0 Å². The van der Waals surface area contributed by atoms with E-state index in [9.17, 15) is 4.79 Å². The number of nitrogens with one attached hydrogen (secondary N) is 1. The Kier molecular flexibility index (Phi) is 6.31. The molecule has 1 aromatic rings. The maximum Gasteiger partial charge on any atom is 0.309 e. The van der Waals surface area contributed by atoms with Crippen molar-refractivity contribution in [2.75, 3.05) is 21.3 Å². The fourth-order valence-electron chi connectivity index (χ4n) is 1.84. The molecule has 2 atom stereocenters. The fraction of sp³-hybridized carbons (Fsp3) is 0.533. The van der Waals surface area contributed by atoms with E-state index in [-0.39, 0.29) is 17.9 Å². The zero-order valence-corrected chi connectivity index (χ0v) is 12.7.